The zero-order chi connectivity index (χ0) is 32.8. The minimum Gasteiger partial charge on any atom is -0.391 e. The van der Waals surface area contributed by atoms with Crippen molar-refractivity contribution >= 4 is 29.3 Å². The number of aliphatic hydroxyl groups is 1. The molecule has 4 atom stereocenters. The van der Waals surface area contributed by atoms with E-state index >= 15 is 0 Å². The molecule has 0 saturated heterocycles. The van der Waals surface area contributed by atoms with E-state index in [4.69, 9.17) is 16.7 Å². The summed E-state index contributed by atoms with van der Waals surface area (Å²) in [6.45, 7) is 1.73. The second-order valence-corrected chi connectivity index (χ2v) is 10.4. The molecule has 45 heavy (non-hydrogen) atoms. The number of rotatable bonds is 13. The fourth-order valence-corrected chi connectivity index (χ4v) is 4.22. The van der Waals surface area contributed by atoms with Crippen LogP contribution in [-0.4, -0.2) is 64.7 Å². The molecule has 3 aromatic rings. The van der Waals surface area contributed by atoms with Crippen LogP contribution in [-0.2, 0) is 20.8 Å². The molecular weight excluding hydrogens is 576 g/mol. The standard InChI is InChI=1S/C33H38N6O6/c1-21(40)29(33(44)39-45)38-30(41)25-15-11-22(12-16-25)9-10-23-13-17-26(18-14-23)36-32(43)28(20-24-6-3-2-4-7-24)37-31(42)27(35)8-5-19-34/h2-4,6-7,11-18,21,27-29,40,45H,5,8,19-20,34-35H2,1H3,(H,36,43)(H,37,42)(H,38,41)(H,39,44)/t21-,27?,28+,29+/m1/s1. The Labute approximate surface area is 261 Å². The lowest BCUT2D eigenvalue weighted by atomic mass is 10.0. The Morgan fingerprint density at radius 2 is 1.42 bits per heavy atom. The van der Waals surface area contributed by atoms with Gasteiger partial charge in [-0.2, -0.15) is 0 Å². The van der Waals surface area contributed by atoms with Crippen molar-refractivity contribution < 1.29 is 29.5 Å². The van der Waals surface area contributed by atoms with Gasteiger partial charge in [-0.3, -0.25) is 24.4 Å². The van der Waals surface area contributed by atoms with Gasteiger partial charge in [0.25, 0.3) is 11.8 Å². The Morgan fingerprint density at radius 3 is 1.98 bits per heavy atom. The number of hydrogen-bond donors (Lipinski definition) is 8. The summed E-state index contributed by atoms with van der Waals surface area (Å²) in [7, 11) is 0. The zero-order valence-corrected chi connectivity index (χ0v) is 24.8. The van der Waals surface area contributed by atoms with Gasteiger partial charge < -0.3 is 32.5 Å². The smallest absolute Gasteiger partial charge is 0.268 e. The highest BCUT2D eigenvalue weighted by Gasteiger charge is 2.26. The lowest BCUT2D eigenvalue weighted by molar-refractivity contribution is -0.133. The molecule has 0 aliphatic rings. The third-order valence-corrected chi connectivity index (χ3v) is 6.78. The number of carbonyl (C=O) groups excluding carboxylic acids is 4. The molecule has 0 bridgehead atoms. The fourth-order valence-electron chi connectivity index (χ4n) is 4.22. The summed E-state index contributed by atoms with van der Waals surface area (Å²) in [4.78, 5) is 50.0. The Balaban J connectivity index is 1.64. The molecule has 3 rings (SSSR count). The van der Waals surface area contributed by atoms with E-state index in [-0.39, 0.29) is 12.0 Å². The van der Waals surface area contributed by atoms with Crippen molar-refractivity contribution in [2.45, 2.75) is 50.4 Å². The van der Waals surface area contributed by atoms with Crippen LogP contribution in [0.25, 0.3) is 0 Å². The molecule has 12 heteroatoms. The van der Waals surface area contributed by atoms with Gasteiger partial charge in [0.05, 0.1) is 12.1 Å². The number of carbonyl (C=O) groups is 4. The zero-order valence-electron chi connectivity index (χ0n) is 24.8. The largest absolute Gasteiger partial charge is 0.391 e. The first kappa shape index (κ1) is 34.4. The number of nitrogens with one attached hydrogen (secondary N) is 4. The van der Waals surface area contributed by atoms with Crippen LogP contribution >= 0.6 is 0 Å². The van der Waals surface area contributed by atoms with Gasteiger partial charge >= 0.3 is 0 Å². The Hall–Kier alpha value is -5.06. The molecule has 3 aromatic carbocycles. The van der Waals surface area contributed by atoms with E-state index in [0.29, 0.717) is 36.2 Å². The van der Waals surface area contributed by atoms with Crippen molar-refractivity contribution in [1.82, 2.24) is 16.1 Å². The average Bonchev–Trinajstić information content (AvgIpc) is 3.05. The molecule has 236 valence electrons. The van der Waals surface area contributed by atoms with E-state index in [9.17, 15) is 24.3 Å². The predicted octanol–water partition coefficient (Wildman–Crippen LogP) is 0.803. The highest BCUT2D eigenvalue weighted by molar-refractivity contribution is 5.98. The lowest BCUT2D eigenvalue weighted by Gasteiger charge is -2.21. The summed E-state index contributed by atoms with van der Waals surface area (Å²) < 4.78 is 0. The predicted molar refractivity (Wildman–Crippen MR) is 169 cm³/mol. The van der Waals surface area contributed by atoms with Crippen molar-refractivity contribution in [3.8, 4) is 11.8 Å². The summed E-state index contributed by atoms with van der Waals surface area (Å²) >= 11 is 0. The molecule has 0 fully saturated rings. The SMILES string of the molecule is C[C@@H](O)[C@H](NC(=O)c1ccc(C#Cc2ccc(NC(=O)[C@H](Cc3ccccc3)NC(=O)C(N)CCCN)cc2)cc1)C(=O)NO. The first-order valence-electron chi connectivity index (χ1n) is 14.4. The number of hydroxylamine groups is 1. The van der Waals surface area contributed by atoms with Crippen molar-refractivity contribution in [2.24, 2.45) is 11.5 Å². The minimum absolute atomic E-state index is 0.233. The molecule has 4 amide bonds. The number of benzene rings is 3. The van der Waals surface area contributed by atoms with Gasteiger partial charge in [0.2, 0.25) is 11.8 Å². The van der Waals surface area contributed by atoms with Gasteiger partial charge in [-0.05, 0) is 80.4 Å². The highest BCUT2D eigenvalue weighted by atomic mass is 16.5. The van der Waals surface area contributed by atoms with E-state index in [1.54, 1.807) is 36.4 Å². The summed E-state index contributed by atoms with van der Waals surface area (Å²) in [6.07, 6.45) is 0.0730. The Morgan fingerprint density at radius 1 is 0.822 bits per heavy atom. The molecule has 0 radical (unpaired) electrons. The maximum absolute atomic E-state index is 13.2. The van der Waals surface area contributed by atoms with Gasteiger partial charge in [0.1, 0.15) is 12.1 Å². The van der Waals surface area contributed by atoms with Crippen LogP contribution in [0.3, 0.4) is 0 Å². The summed E-state index contributed by atoms with van der Waals surface area (Å²) in [5.41, 5.74) is 15.8. The monoisotopic (exact) mass is 614 g/mol. The minimum atomic E-state index is -1.33. The van der Waals surface area contributed by atoms with Crippen molar-refractivity contribution in [3.05, 3.63) is 101 Å². The van der Waals surface area contributed by atoms with Crippen molar-refractivity contribution in [1.29, 1.82) is 0 Å². The van der Waals surface area contributed by atoms with Crippen LogP contribution in [0.2, 0.25) is 0 Å². The van der Waals surface area contributed by atoms with Crippen LogP contribution in [0.15, 0.2) is 78.9 Å². The molecule has 0 saturated carbocycles. The normalized spacial score (nSPS) is 13.2. The fraction of sp³-hybridized carbons (Fsp3) is 0.273. The van der Waals surface area contributed by atoms with Crippen molar-refractivity contribution in [2.75, 3.05) is 11.9 Å². The van der Waals surface area contributed by atoms with Gasteiger partial charge in [0.15, 0.2) is 0 Å². The van der Waals surface area contributed by atoms with Gasteiger partial charge in [-0.25, -0.2) is 5.48 Å². The van der Waals surface area contributed by atoms with Gasteiger partial charge in [-0.15, -0.1) is 0 Å². The molecule has 0 heterocycles. The first-order chi connectivity index (χ1) is 21.6. The molecule has 0 aliphatic carbocycles. The second-order valence-electron chi connectivity index (χ2n) is 10.4. The van der Waals surface area contributed by atoms with Crippen LogP contribution < -0.4 is 32.9 Å². The van der Waals surface area contributed by atoms with Crippen LogP contribution in [0.1, 0.15) is 46.8 Å². The van der Waals surface area contributed by atoms with Crippen LogP contribution in [0.4, 0.5) is 5.69 Å². The third kappa shape index (κ3) is 10.9. The van der Waals surface area contributed by atoms with Gasteiger partial charge in [0, 0.05) is 28.8 Å². The highest BCUT2D eigenvalue weighted by Crippen LogP contribution is 2.12. The van der Waals surface area contributed by atoms with E-state index in [2.05, 4.69) is 27.8 Å². The number of amides is 4. The third-order valence-electron chi connectivity index (χ3n) is 6.78. The quantitative estimate of drug-likeness (QED) is 0.0783. The van der Waals surface area contributed by atoms with E-state index in [0.717, 1.165) is 5.56 Å². The molecule has 10 N–H and O–H groups in total. The topological polar surface area (TPSA) is 209 Å². The maximum Gasteiger partial charge on any atom is 0.268 e. The number of hydrogen-bond acceptors (Lipinski definition) is 8. The molecule has 0 aromatic heterocycles. The summed E-state index contributed by atoms with van der Waals surface area (Å²) in [5, 5.41) is 26.5. The summed E-state index contributed by atoms with van der Waals surface area (Å²) in [6, 6.07) is 19.6. The molecule has 0 aliphatic heterocycles. The number of anilines is 1. The van der Waals surface area contributed by atoms with Crippen molar-refractivity contribution in [3.63, 3.8) is 0 Å². The average molecular weight is 615 g/mol. The van der Waals surface area contributed by atoms with E-state index in [1.165, 1.54) is 24.5 Å². The Bertz CT molecular complexity index is 1500. The number of nitrogens with two attached hydrogens (primary N) is 2. The summed E-state index contributed by atoms with van der Waals surface area (Å²) in [5.74, 6) is 3.65. The first-order valence-corrected chi connectivity index (χ1v) is 14.4. The molecule has 1 unspecified atom stereocenters. The van der Waals surface area contributed by atoms with E-state index in [1.807, 2.05) is 30.3 Å². The van der Waals surface area contributed by atoms with E-state index < -0.39 is 47.9 Å². The molecule has 0 spiro atoms. The lowest BCUT2D eigenvalue weighted by Crippen LogP contribution is -2.51. The van der Waals surface area contributed by atoms with Gasteiger partial charge in [-0.1, -0.05) is 42.2 Å². The Kier molecular flexibility index (Phi) is 13.2. The molecular formula is C33H38N6O6. The van der Waals surface area contributed by atoms with Crippen LogP contribution in [0, 0.1) is 11.8 Å². The molecule has 12 nitrogen and oxygen atoms in total. The van der Waals surface area contributed by atoms with Crippen LogP contribution in [0.5, 0.6) is 0 Å². The second kappa shape index (κ2) is 17.3. The maximum atomic E-state index is 13.2. The number of aliphatic hydroxyl groups excluding tert-OH is 1.